The zero-order chi connectivity index (χ0) is 32.0. The van der Waals surface area contributed by atoms with Gasteiger partial charge in [-0.15, -0.1) is 0 Å². The van der Waals surface area contributed by atoms with E-state index in [2.05, 4.69) is 0 Å². The van der Waals surface area contributed by atoms with E-state index in [1.807, 2.05) is 0 Å². The molecule has 0 amide bonds. The molecule has 0 aromatic carbocycles. The molecule has 5 heterocycles. The van der Waals surface area contributed by atoms with Gasteiger partial charge < -0.3 is 94.1 Å². The molecule has 0 spiro atoms. The van der Waals surface area contributed by atoms with Crippen LogP contribution in [0.3, 0.4) is 0 Å². The van der Waals surface area contributed by atoms with Gasteiger partial charge in [-0.25, -0.2) is 0 Å². The fourth-order valence-corrected chi connectivity index (χ4v) is 5.91. The van der Waals surface area contributed by atoms with Gasteiger partial charge >= 0.3 is 0 Å². The van der Waals surface area contributed by atoms with Crippen LogP contribution < -0.4 is 0 Å². The molecule has 0 radical (unpaired) electrons. The van der Waals surface area contributed by atoms with Gasteiger partial charge in [0.15, 0.2) is 25.2 Å². The quantitative estimate of drug-likeness (QED) is 0.133. The van der Waals surface area contributed by atoms with Crippen molar-refractivity contribution in [2.45, 2.75) is 136 Å². The lowest BCUT2D eigenvalue weighted by atomic mass is 9.95. The van der Waals surface area contributed by atoms with Crippen molar-refractivity contribution in [2.75, 3.05) is 19.8 Å². The molecule has 8 bridgehead atoms. The highest BCUT2D eigenvalue weighted by Gasteiger charge is 2.54. The van der Waals surface area contributed by atoms with E-state index in [0.29, 0.717) is 0 Å². The van der Waals surface area contributed by atoms with Crippen molar-refractivity contribution in [1.29, 1.82) is 0 Å². The fourth-order valence-electron chi connectivity index (χ4n) is 5.91. The molecule has 256 valence electrons. The molecule has 5 fully saturated rings. The Morgan fingerprint density at radius 2 is 0.841 bits per heavy atom. The number of rotatable bonds is 2. The van der Waals surface area contributed by atoms with Crippen molar-refractivity contribution in [3.63, 3.8) is 0 Å². The summed E-state index contributed by atoms with van der Waals surface area (Å²) in [7, 11) is 0. The average molecular weight is 647 g/mol. The molecule has 5 aliphatic rings. The number of hydrogen-bond donors (Lipinski definition) is 11. The first-order chi connectivity index (χ1) is 20.9. The number of fused-ring (bicyclic) bond motifs is 8. The summed E-state index contributed by atoms with van der Waals surface area (Å²) in [5.41, 5.74) is 0. The zero-order valence-corrected chi connectivity index (χ0v) is 23.6. The SMILES string of the molecule is CCC1OC2OCC3O[C@H](O[C@@H]4C(O)C(OCC5O[C@H](O[C@H](C2O)[C@@H]1O)C(O)[C@@H](O)[C@@H]5O)OC(CO)[C@H]4O)C(O)[C@@H](O)[C@@H]3O. The summed E-state index contributed by atoms with van der Waals surface area (Å²) < 4.78 is 45.0. The first-order valence-corrected chi connectivity index (χ1v) is 14.4. The molecular formula is C25H42O19. The minimum atomic E-state index is -1.90. The van der Waals surface area contributed by atoms with Crippen molar-refractivity contribution in [3.8, 4) is 0 Å². The molecule has 20 atom stereocenters. The molecule has 44 heavy (non-hydrogen) atoms. The van der Waals surface area contributed by atoms with Gasteiger partial charge in [-0.3, -0.25) is 0 Å². The van der Waals surface area contributed by atoms with E-state index < -0.39 is 143 Å². The van der Waals surface area contributed by atoms with Crippen LogP contribution in [-0.4, -0.2) is 199 Å². The van der Waals surface area contributed by atoms with E-state index in [9.17, 15) is 56.2 Å². The second-order valence-electron chi connectivity index (χ2n) is 11.5. The Balaban J connectivity index is 1.47. The van der Waals surface area contributed by atoms with Gasteiger partial charge in [-0.05, 0) is 6.42 Å². The maximum atomic E-state index is 11.0. The van der Waals surface area contributed by atoms with E-state index in [1.165, 1.54) is 0 Å². The summed E-state index contributed by atoms with van der Waals surface area (Å²) in [6.07, 6.45) is -32.8. The number of aliphatic hydroxyl groups is 11. The van der Waals surface area contributed by atoms with Crippen LogP contribution >= 0.6 is 0 Å². The van der Waals surface area contributed by atoms with Gasteiger partial charge in [0.1, 0.15) is 91.6 Å². The van der Waals surface area contributed by atoms with Crippen molar-refractivity contribution in [1.82, 2.24) is 0 Å². The van der Waals surface area contributed by atoms with Crippen LogP contribution in [0.1, 0.15) is 13.3 Å². The van der Waals surface area contributed by atoms with Crippen molar-refractivity contribution < 1.29 is 94.1 Å². The van der Waals surface area contributed by atoms with Gasteiger partial charge in [0, 0.05) is 0 Å². The first kappa shape index (κ1) is 34.6. The predicted molar refractivity (Wildman–Crippen MR) is 134 cm³/mol. The van der Waals surface area contributed by atoms with Crippen LogP contribution in [-0.2, 0) is 37.9 Å². The van der Waals surface area contributed by atoms with Crippen molar-refractivity contribution >= 4 is 0 Å². The molecule has 5 rings (SSSR count). The van der Waals surface area contributed by atoms with Crippen molar-refractivity contribution in [3.05, 3.63) is 0 Å². The third-order valence-electron chi connectivity index (χ3n) is 8.64. The summed E-state index contributed by atoms with van der Waals surface area (Å²) in [5.74, 6) is 0. The second kappa shape index (κ2) is 14.2. The second-order valence-corrected chi connectivity index (χ2v) is 11.5. The minimum absolute atomic E-state index is 0.200. The highest BCUT2D eigenvalue weighted by atomic mass is 16.8. The van der Waals surface area contributed by atoms with Gasteiger partial charge in [0.25, 0.3) is 0 Å². The van der Waals surface area contributed by atoms with E-state index in [1.54, 1.807) is 6.92 Å². The summed E-state index contributed by atoms with van der Waals surface area (Å²) in [5, 5.41) is 117. The van der Waals surface area contributed by atoms with Crippen LogP contribution in [0, 0.1) is 0 Å². The lowest BCUT2D eigenvalue weighted by molar-refractivity contribution is -0.383. The fraction of sp³-hybridized carbons (Fsp3) is 1.00. The molecule has 0 aromatic heterocycles. The van der Waals surface area contributed by atoms with Crippen LogP contribution in [0.5, 0.6) is 0 Å². The van der Waals surface area contributed by atoms with Crippen LogP contribution in [0.25, 0.3) is 0 Å². The minimum Gasteiger partial charge on any atom is -0.394 e. The van der Waals surface area contributed by atoms with Crippen LogP contribution in [0.4, 0.5) is 0 Å². The molecule has 5 aliphatic heterocycles. The molecular weight excluding hydrogens is 604 g/mol. The van der Waals surface area contributed by atoms with E-state index in [4.69, 9.17) is 37.9 Å². The van der Waals surface area contributed by atoms with E-state index >= 15 is 0 Å². The third-order valence-corrected chi connectivity index (χ3v) is 8.64. The summed E-state index contributed by atoms with van der Waals surface area (Å²) in [6.45, 7) is -0.347. The van der Waals surface area contributed by atoms with Gasteiger partial charge in [0.05, 0.1) is 25.9 Å². The van der Waals surface area contributed by atoms with Gasteiger partial charge in [-0.1, -0.05) is 6.92 Å². The smallest absolute Gasteiger partial charge is 0.187 e. The molecule has 0 aliphatic carbocycles. The lowest BCUT2D eigenvalue weighted by Gasteiger charge is -2.48. The Morgan fingerprint density at radius 1 is 0.432 bits per heavy atom. The molecule has 19 nitrogen and oxygen atoms in total. The normalized spacial score (nSPS) is 55.9. The Bertz CT molecular complexity index is 860. The summed E-state index contributed by atoms with van der Waals surface area (Å²) >= 11 is 0. The molecule has 0 aromatic rings. The Labute approximate surface area is 250 Å². The Morgan fingerprint density at radius 3 is 1.25 bits per heavy atom. The Hall–Kier alpha value is -0.760. The molecule has 10 unspecified atom stereocenters. The maximum absolute atomic E-state index is 11.0. The first-order valence-electron chi connectivity index (χ1n) is 14.4. The standard InChI is InChI=1S/C25H42O19/c1-2-6-12(29)20-18(35)22(39-6)37-4-8-10(27)15(32)17(34)25(42-8)44-21-13(30)7(3-26)40-23(19(21)36)38-5-9-11(28)14(31)16(33)24(41-9)43-20/h6-36H,2-5H2,1H3/t6?,7?,8?,9?,10-,11-,12-,13-,14+,15+,16?,17?,18?,19?,20+,21+,22?,23?,24-,25-/m1/s1. The van der Waals surface area contributed by atoms with Crippen molar-refractivity contribution in [2.24, 2.45) is 0 Å². The lowest BCUT2D eigenvalue weighted by Crippen LogP contribution is -2.66. The highest BCUT2D eigenvalue weighted by Crippen LogP contribution is 2.34. The number of ether oxygens (including phenoxy) is 8. The van der Waals surface area contributed by atoms with Crippen LogP contribution in [0.2, 0.25) is 0 Å². The van der Waals surface area contributed by atoms with E-state index in [-0.39, 0.29) is 6.42 Å². The maximum Gasteiger partial charge on any atom is 0.187 e. The number of hydrogen-bond acceptors (Lipinski definition) is 19. The largest absolute Gasteiger partial charge is 0.394 e. The van der Waals surface area contributed by atoms with E-state index in [0.717, 1.165) is 0 Å². The average Bonchev–Trinajstić information content (AvgIpc) is 3.01. The predicted octanol–water partition coefficient (Wildman–Crippen LogP) is -7.29. The number of aliphatic hydroxyl groups excluding tert-OH is 11. The zero-order valence-electron chi connectivity index (χ0n) is 23.6. The summed E-state index contributed by atoms with van der Waals surface area (Å²) in [6, 6.07) is 0. The van der Waals surface area contributed by atoms with Gasteiger partial charge in [0.2, 0.25) is 0 Å². The van der Waals surface area contributed by atoms with Gasteiger partial charge in [-0.2, -0.15) is 0 Å². The topological polar surface area (TPSA) is 296 Å². The van der Waals surface area contributed by atoms with Crippen LogP contribution in [0.15, 0.2) is 0 Å². The third kappa shape index (κ3) is 6.52. The summed E-state index contributed by atoms with van der Waals surface area (Å²) in [4.78, 5) is 0. The monoisotopic (exact) mass is 646 g/mol. The molecule has 19 heteroatoms. The molecule has 0 saturated carbocycles. The Kier molecular flexibility index (Phi) is 11.1. The molecule has 5 saturated heterocycles. The molecule has 11 N–H and O–H groups in total. The highest BCUT2D eigenvalue weighted by molar-refractivity contribution is 4.97.